The molecule has 3 rings (SSSR count). The Morgan fingerprint density at radius 1 is 0.840 bits per heavy atom. The lowest BCUT2D eigenvalue weighted by molar-refractivity contribution is 0.268. The molecule has 0 aliphatic heterocycles. The molecule has 1 aliphatic rings. The normalized spacial score (nSPS) is 14.2. The standard InChI is InChI=1S/C23H27O2/c1-22(2,3)15-7-9-17-18-10-8-16(23(4,5)6)12-20(18)21(13-25-14-24)19(17)11-15/h7-12,21H,13H2,1-6H3. The Morgan fingerprint density at radius 2 is 1.28 bits per heavy atom. The molecule has 1 radical (unpaired) electrons. The highest BCUT2D eigenvalue weighted by Crippen LogP contribution is 2.47. The molecule has 0 heterocycles. The van der Waals surface area contributed by atoms with E-state index < -0.39 is 0 Å². The van der Waals surface area contributed by atoms with Crippen LogP contribution in [0.5, 0.6) is 0 Å². The number of ether oxygens (including phenoxy) is 1. The molecule has 131 valence electrons. The first-order chi connectivity index (χ1) is 11.6. The fourth-order valence-electron chi connectivity index (χ4n) is 3.59. The van der Waals surface area contributed by atoms with E-state index in [0.717, 1.165) is 0 Å². The van der Waals surface area contributed by atoms with Gasteiger partial charge in [-0.25, -0.2) is 4.79 Å². The maximum Gasteiger partial charge on any atom is 0.417 e. The van der Waals surface area contributed by atoms with Crippen molar-refractivity contribution in [2.24, 2.45) is 0 Å². The third-order valence-corrected chi connectivity index (χ3v) is 5.19. The van der Waals surface area contributed by atoms with Crippen LogP contribution < -0.4 is 0 Å². The van der Waals surface area contributed by atoms with Crippen LogP contribution in [0.1, 0.15) is 69.7 Å². The van der Waals surface area contributed by atoms with Gasteiger partial charge in [-0.15, -0.1) is 0 Å². The summed E-state index contributed by atoms with van der Waals surface area (Å²) in [7, 11) is 0. The van der Waals surface area contributed by atoms with E-state index in [1.807, 2.05) is 0 Å². The first-order valence-corrected chi connectivity index (χ1v) is 8.91. The zero-order valence-electron chi connectivity index (χ0n) is 16.1. The van der Waals surface area contributed by atoms with Crippen molar-refractivity contribution in [1.29, 1.82) is 0 Å². The smallest absolute Gasteiger partial charge is 0.417 e. The van der Waals surface area contributed by atoms with Crippen LogP contribution in [0.2, 0.25) is 0 Å². The Labute approximate surface area is 151 Å². The van der Waals surface area contributed by atoms with Crippen LogP contribution in [0.25, 0.3) is 11.1 Å². The summed E-state index contributed by atoms with van der Waals surface area (Å²) in [4.78, 5) is 10.7. The van der Waals surface area contributed by atoms with Gasteiger partial charge in [0.05, 0.1) is 0 Å². The van der Waals surface area contributed by atoms with Crippen molar-refractivity contribution in [3.05, 3.63) is 58.7 Å². The Morgan fingerprint density at radius 3 is 1.64 bits per heavy atom. The molecule has 2 nitrogen and oxygen atoms in total. The molecule has 0 aromatic heterocycles. The lowest BCUT2D eigenvalue weighted by Gasteiger charge is -2.22. The zero-order valence-corrected chi connectivity index (χ0v) is 16.1. The van der Waals surface area contributed by atoms with E-state index in [1.54, 1.807) is 6.47 Å². The summed E-state index contributed by atoms with van der Waals surface area (Å²) in [6.07, 6.45) is 0. The first-order valence-electron chi connectivity index (χ1n) is 8.91. The summed E-state index contributed by atoms with van der Waals surface area (Å²) in [6.45, 7) is 15.3. The molecular weight excluding hydrogens is 308 g/mol. The van der Waals surface area contributed by atoms with E-state index in [0.29, 0.717) is 6.61 Å². The molecule has 2 aromatic rings. The van der Waals surface area contributed by atoms with Crippen LogP contribution in [0.4, 0.5) is 0 Å². The summed E-state index contributed by atoms with van der Waals surface area (Å²) >= 11 is 0. The summed E-state index contributed by atoms with van der Waals surface area (Å²) in [5.74, 6) is 0.0797. The van der Waals surface area contributed by atoms with E-state index in [-0.39, 0.29) is 16.7 Å². The van der Waals surface area contributed by atoms with Crippen LogP contribution in [0, 0.1) is 0 Å². The van der Waals surface area contributed by atoms with Crippen molar-refractivity contribution in [3.8, 4) is 11.1 Å². The molecule has 2 heteroatoms. The predicted molar refractivity (Wildman–Crippen MR) is 103 cm³/mol. The second kappa shape index (κ2) is 6.01. The highest BCUT2D eigenvalue weighted by molar-refractivity contribution is 5.80. The van der Waals surface area contributed by atoms with Crippen molar-refractivity contribution in [2.75, 3.05) is 6.61 Å². The highest BCUT2D eigenvalue weighted by Gasteiger charge is 2.31. The van der Waals surface area contributed by atoms with Crippen molar-refractivity contribution in [2.45, 2.75) is 58.3 Å². The van der Waals surface area contributed by atoms with Gasteiger partial charge in [-0.2, -0.15) is 0 Å². The van der Waals surface area contributed by atoms with Gasteiger partial charge in [0.1, 0.15) is 6.61 Å². The van der Waals surface area contributed by atoms with Gasteiger partial charge < -0.3 is 4.74 Å². The molecule has 0 unspecified atom stereocenters. The number of fused-ring (bicyclic) bond motifs is 3. The maximum absolute atomic E-state index is 10.7. The summed E-state index contributed by atoms with van der Waals surface area (Å²) in [6, 6.07) is 13.4. The third kappa shape index (κ3) is 3.22. The molecule has 0 spiro atoms. The molecule has 0 bridgehead atoms. The quantitative estimate of drug-likeness (QED) is 0.742. The fraction of sp³-hybridized carbons (Fsp3) is 0.435. The van der Waals surface area contributed by atoms with Crippen LogP contribution in [0.3, 0.4) is 0 Å². The molecule has 1 aliphatic carbocycles. The molecule has 0 amide bonds. The van der Waals surface area contributed by atoms with Crippen LogP contribution in [0.15, 0.2) is 36.4 Å². The highest BCUT2D eigenvalue weighted by atomic mass is 16.5. The first kappa shape index (κ1) is 17.7. The SMILES string of the molecule is CC(C)(C)c1ccc2c(c1)C(CO[C]=O)c1cc(C(C)(C)C)ccc1-2. The molecule has 0 atom stereocenters. The van der Waals surface area contributed by atoms with E-state index in [4.69, 9.17) is 4.74 Å². The molecular formula is C23H27O2. The number of carbonyl (C=O) groups excluding carboxylic acids is 1. The van der Waals surface area contributed by atoms with Gasteiger partial charge in [0, 0.05) is 5.92 Å². The summed E-state index contributed by atoms with van der Waals surface area (Å²) in [5.41, 5.74) is 7.79. The van der Waals surface area contributed by atoms with Crippen LogP contribution in [-0.2, 0) is 20.4 Å². The van der Waals surface area contributed by atoms with Gasteiger partial charge in [0.2, 0.25) is 0 Å². The van der Waals surface area contributed by atoms with Gasteiger partial charge in [0.25, 0.3) is 0 Å². The van der Waals surface area contributed by atoms with Crippen LogP contribution >= 0.6 is 0 Å². The Bertz CT molecular complexity index is 740. The van der Waals surface area contributed by atoms with Crippen LogP contribution in [-0.4, -0.2) is 13.1 Å². The van der Waals surface area contributed by atoms with Crippen molar-refractivity contribution in [3.63, 3.8) is 0 Å². The summed E-state index contributed by atoms with van der Waals surface area (Å²) in [5, 5.41) is 0. The van der Waals surface area contributed by atoms with Gasteiger partial charge in [-0.1, -0.05) is 77.9 Å². The minimum absolute atomic E-state index is 0.0797. The average molecular weight is 335 g/mol. The minimum atomic E-state index is 0.0797. The van der Waals surface area contributed by atoms with E-state index in [1.165, 1.54) is 33.4 Å². The molecule has 0 saturated carbocycles. The second-order valence-electron chi connectivity index (χ2n) is 9.05. The van der Waals surface area contributed by atoms with E-state index in [2.05, 4.69) is 77.9 Å². The molecule has 2 aromatic carbocycles. The van der Waals surface area contributed by atoms with E-state index >= 15 is 0 Å². The molecule has 0 N–H and O–H groups in total. The lowest BCUT2D eigenvalue weighted by Crippen LogP contribution is -2.14. The Kier molecular flexibility index (Phi) is 4.26. The largest absolute Gasteiger partial charge is 0.456 e. The van der Waals surface area contributed by atoms with Gasteiger partial charge >= 0.3 is 6.47 Å². The minimum Gasteiger partial charge on any atom is -0.456 e. The van der Waals surface area contributed by atoms with Crippen molar-refractivity contribution < 1.29 is 9.53 Å². The topological polar surface area (TPSA) is 26.3 Å². The van der Waals surface area contributed by atoms with Gasteiger partial charge in [-0.3, -0.25) is 0 Å². The zero-order chi connectivity index (χ0) is 18.4. The lowest BCUT2D eigenvalue weighted by atomic mass is 9.83. The fourth-order valence-corrected chi connectivity index (χ4v) is 3.59. The molecule has 0 saturated heterocycles. The number of benzene rings is 2. The molecule has 0 fully saturated rings. The van der Waals surface area contributed by atoms with E-state index in [9.17, 15) is 4.79 Å². The third-order valence-electron chi connectivity index (χ3n) is 5.19. The average Bonchev–Trinajstić information content (AvgIpc) is 2.83. The number of hydrogen-bond donors (Lipinski definition) is 0. The monoisotopic (exact) mass is 335 g/mol. The Balaban J connectivity index is 2.16. The Hall–Kier alpha value is -2.09. The van der Waals surface area contributed by atoms with Gasteiger partial charge in [0.15, 0.2) is 0 Å². The number of rotatable bonds is 3. The van der Waals surface area contributed by atoms with Crippen molar-refractivity contribution in [1.82, 2.24) is 0 Å². The maximum atomic E-state index is 10.7. The van der Waals surface area contributed by atoms with Gasteiger partial charge in [-0.05, 0) is 44.2 Å². The predicted octanol–water partition coefficient (Wildman–Crippen LogP) is 5.48. The number of hydrogen-bond acceptors (Lipinski definition) is 2. The second-order valence-corrected chi connectivity index (χ2v) is 9.05. The van der Waals surface area contributed by atoms with Crippen molar-refractivity contribution >= 4 is 6.47 Å². The molecule has 25 heavy (non-hydrogen) atoms. The summed E-state index contributed by atoms with van der Waals surface area (Å²) < 4.78 is 5.08.